The van der Waals surface area contributed by atoms with Gasteiger partial charge in [-0.25, -0.2) is 4.39 Å². The van der Waals surface area contributed by atoms with Gasteiger partial charge < -0.3 is 18.6 Å². The molecule has 0 amide bonds. The maximum atomic E-state index is 13.4. The van der Waals surface area contributed by atoms with E-state index in [-0.39, 0.29) is 17.0 Å². The van der Waals surface area contributed by atoms with Gasteiger partial charge >= 0.3 is 0 Å². The molecule has 3 aromatic carbocycles. The number of aryl methyl sites for hydroxylation is 1. The van der Waals surface area contributed by atoms with Crippen LogP contribution in [-0.2, 0) is 13.1 Å². The SMILES string of the molecule is CCOc1ccccc1Oc1c(C)oc2c3c(ccc2c1=O)OCN(Cc1ccc(F)cc1)C3. The molecule has 0 spiro atoms. The molecule has 174 valence electrons. The molecule has 2 heterocycles. The molecule has 0 aliphatic carbocycles. The van der Waals surface area contributed by atoms with E-state index < -0.39 is 0 Å². The van der Waals surface area contributed by atoms with E-state index >= 15 is 0 Å². The second kappa shape index (κ2) is 9.19. The van der Waals surface area contributed by atoms with E-state index in [4.69, 9.17) is 18.6 Å². The highest BCUT2D eigenvalue weighted by Crippen LogP contribution is 2.36. The van der Waals surface area contributed by atoms with Crippen LogP contribution in [0, 0.1) is 12.7 Å². The summed E-state index contributed by atoms with van der Waals surface area (Å²) < 4.78 is 36.9. The van der Waals surface area contributed by atoms with E-state index in [2.05, 4.69) is 4.90 Å². The number of fused-ring (bicyclic) bond motifs is 3. The zero-order valence-electron chi connectivity index (χ0n) is 19.0. The molecule has 4 aromatic rings. The summed E-state index contributed by atoms with van der Waals surface area (Å²) in [6, 6.07) is 17.1. The predicted octanol–water partition coefficient (Wildman–Crippen LogP) is 5.78. The smallest absolute Gasteiger partial charge is 0.235 e. The fraction of sp³-hybridized carbons (Fsp3) is 0.222. The molecule has 0 N–H and O–H groups in total. The Morgan fingerprint density at radius 3 is 2.56 bits per heavy atom. The Bertz CT molecular complexity index is 1400. The Balaban J connectivity index is 1.49. The minimum atomic E-state index is -0.269. The summed E-state index contributed by atoms with van der Waals surface area (Å²) in [5, 5.41) is 0.417. The molecule has 1 aromatic heterocycles. The molecular weight excluding hydrogens is 437 g/mol. The first kappa shape index (κ1) is 22.0. The van der Waals surface area contributed by atoms with Gasteiger partial charge in [0, 0.05) is 13.1 Å². The average Bonchev–Trinajstić information content (AvgIpc) is 2.84. The highest BCUT2D eigenvalue weighted by Gasteiger charge is 2.24. The topological polar surface area (TPSA) is 61.1 Å². The summed E-state index contributed by atoms with van der Waals surface area (Å²) in [5.41, 5.74) is 1.99. The van der Waals surface area contributed by atoms with Crippen molar-refractivity contribution in [1.82, 2.24) is 4.90 Å². The predicted molar refractivity (Wildman–Crippen MR) is 126 cm³/mol. The van der Waals surface area contributed by atoms with E-state index in [9.17, 15) is 9.18 Å². The van der Waals surface area contributed by atoms with Crippen molar-refractivity contribution < 1.29 is 23.0 Å². The van der Waals surface area contributed by atoms with E-state index in [1.165, 1.54) is 12.1 Å². The number of halogens is 1. The minimum absolute atomic E-state index is 0.125. The van der Waals surface area contributed by atoms with E-state index in [0.717, 1.165) is 11.1 Å². The van der Waals surface area contributed by atoms with Gasteiger partial charge in [0.25, 0.3) is 0 Å². The first-order valence-corrected chi connectivity index (χ1v) is 11.1. The number of ether oxygens (including phenoxy) is 3. The van der Waals surface area contributed by atoms with Crippen LogP contribution in [0.2, 0.25) is 0 Å². The summed E-state index contributed by atoms with van der Waals surface area (Å²) in [4.78, 5) is 15.5. The lowest BCUT2D eigenvalue weighted by Crippen LogP contribution is -2.31. The molecule has 5 rings (SSSR count). The molecule has 0 saturated carbocycles. The minimum Gasteiger partial charge on any atom is -0.490 e. The van der Waals surface area contributed by atoms with E-state index in [0.29, 0.717) is 60.4 Å². The Morgan fingerprint density at radius 1 is 1.03 bits per heavy atom. The third-order valence-corrected chi connectivity index (χ3v) is 5.71. The normalized spacial score (nSPS) is 13.4. The fourth-order valence-corrected chi connectivity index (χ4v) is 4.09. The van der Waals surface area contributed by atoms with Crippen LogP contribution in [0.25, 0.3) is 11.0 Å². The van der Waals surface area contributed by atoms with Crippen LogP contribution in [0.3, 0.4) is 0 Å². The van der Waals surface area contributed by atoms with Crippen LogP contribution in [0.5, 0.6) is 23.0 Å². The standard InChI is InChI=1S/C27H24FNO5/c1-3-31-23-6-4-5-7-24(23)34-26-17(2)33-27-20(25(26)30)12-13-22-21(27)15-29(16-32-22)14-18-8-10-19(28)11-9-18/h4-13H,3,14-16H2,1-2H3. The monoisotopic (exact) mass is 461 g/mol. The maximum absolute atomic E-state index is 13.4. The molecular formula is C27H24FNO5. The van der Waals surface area contributed by atoms with Crippen molar-refractivity contribution in [2.75, 3.05) is 13.3 Å². The summed E-state index contributed by atoms with van der Waals surface area (Å²) >= 11 is 0. The van der Waals surface area contributed by atoms with Crippen molar-refractivity contribution in [3.63, 3.8) is 0 Å². The van der Waals surface area contributed by atoms with Crippen molar-refractivity contribution in [2.24, 2.45) is 0 Å². The number of nitrogens with zero attached hydrogens (tertiary/aromatic N) is 1. The molecule has 0 atom stereocenters. The lowest BCUT2D eigenvalue weighted by Gasteiger charge is -2.29. The molecule has 7 heteroatoms. The van der Waals surface area contributed by atoms with Crippen LogP contribution < -0.4 is 19.6 Å². The Kier molecular flexibility index (Phi) is 5.94. The lowest BCUT2D eigenvalue weighted by atomic mass is 10.1. The zero-order valence-corrected chi connectivity index (χ0v) is 19.0. The van der Waals surface area contributed by atoms with Gasteiger partial charge in [-0.3, -0.25) is 9.69 Å². The van der Waals surface area contributed by atoms with Gasteiger partial charge in [0.1, 0.15) is 29.6 Å². The summed E-state index contributed by atoms with van der Waals surface area (Å²) in [6.07, 6.45) is 0. The summed E-state index contributed by atoms with van der Waals surface area (Å²) in [7, 11) is 0. The first-order valence-electron chi connectivity index (χ1n) is 11.1. The van der Waals surface area contributed by atoms with E-state index in [1.54, 1.807) is 43.3 Å². The zero-order chi connectivity index (χ0) is 23.7. The number of hydrogen-bond donors (Lipinski definition) is 0. The van der Waals surface area contributed by atoms with Gasteiger partial charge in [0.05, 0.1) is 17.6 Å². The molecule has 0 saturated heterocycles. The molecule has 0 bridgehead atoms. The van der Waals surface area contributed by atoms with Crippen molar-refractivity contribution in [3.05, 3.63) is 93.6 Å². The molecule has 1 aliphatic rings. The summed E-state index contributed by atoms with van der Waals surface area (Å²) in [6.45, 7) is 5.56. The van der Waals surface area contributed by atoms with Gasteiger partial charge in [0.15, 0.2) is 11.5 Å². The van der Waals surface area contributed by atoms with E-state index in [1.807, 2.05) is 19.1 Å². The Morgan fingerprint density at radius 2 is 1.79 bits per heavy atom. The maximum Gasteiger partial charge on any atom is 0.235 e. The molecule has 1 aliphatic heterocycles. The van der Waals surface area contributed by atoms with Crippen LogP contribution >= 0.6 is 0 Å². The van der Waals surface area contributed by atoms with Crippen LogP contribution in [0.1, 0.15) is 23.8 Å². The van der Waals surface area contributed by atoms with Crippen LogP contribution in [0.4, 0.5) is 4.39 Å². The highest BCUT2D eigenvalue weighted by molar-refractivity contribution is 5.83. The fourth-order valence-electron chi connectivity index (χ4n) is 4.09. The third-order valence-electron chi connectivity index (χ3n) is 5.71. The third kappa shape index (κ3) is 4.22. The van der Waals surface area contributed by atoms with Crippen molar-refractivity contribution in [1.29, 1.82) is 0 Å². The molecule has 6 nitrogen and oxygen atoms in total. The van der Waals surface area contributed by atoms with Crippen LogP contribution in [-0.4, -0.2) is 18.2 Å². The lowest BCUT2D eigenvalue weighted by molar-refractivity contribution is 0.0889. The largest absolute Gasteiger partial charge is 0.490 e. The molecule has 0 radical (unpaired) electrons. The average molecular weight is 461 g/mol. The second-order valence-electron chi connectivity index (χ2n) is 8.10. The first-order chi connectivity index (χ1) is 16.5. The van der Waals surface area contributed by atoms with Gasteiger partial charge in [-0.05, 0) is 55.8 Å². The van der Waals surface area contributed by atoms with Gasteiger partial charge in [-0.15, -0.1) is 0 Å². The van der Waals surface area contributed by atoms with Gasteiger partial charge in [-0.1, -0.05) is 24.3 Å². The number of hydrogen-bond acceptors (Lipinski definition) is 6. The highest BCUT2D eigenvalue weighted by atomic mass is 19.1. The van der Waals surface area contributed by atoms with Crippen molar-refractivity contribution in [3.8, 4) is 23.0 Å². The van der Waals surface area contributed by atoms with Crippen molar-refractivity contribution >= 4 is 11.0 Å². The molecule has 0 fully saturated rings. The molecule has 34 heavy (non-hydrogen) atoms. The second-order valence-corrected chi connectivity index (χ2v) is 8.10. The van der Waals surface area contributed by atoms with Crippen molar-refractivity contribution in [2.45, 2.75) is 26.9 Å². The summed E-state index contributed by atoms with van der Waals surface area (Å²) in [5.74, 6) is 1.91. The molecule has 0 unspecified atom stereocenters. The quantitative estimate of drug-likeness (QED) is 0.363. The Hall–Kier alpha value is -3.84. The number of benzene rings is 3. The van der Waals surface area contributed by atoms with Crippen LogP contribution in [0.15, 0.2) is 69.9 Å². The van der Waals surface area contributed by atoms with Gasteiger partial charge in [-0.2, -0.15) is 0 Å². The van der Waals surface area contributed by atoms with Gasteiger partial charge in [0.2, 0.25) is 11.2 Å². The number of para-hydroxylation sites is 2. The number of rotatable bonds is 6. The Labute approximate surface area is 196 Å².